The van der Waals surface area contributed by atoms with Gasteiger partial charge in [0.1, 0.15) is 11.9 Å². The molecule has 0 saturated heterocycles. The van der Waals surface area contributed by atoms with Crippen molar-refractivity contribution in [2.45, 2.75) is 25.0 Å². The fourth-order valence-corrected chi connectivity index (χ4v) is 2.30. The summed E-state index contributed by atoms with van der Waals surface area (Å²) in [5, 5.41) is 10.6. The van der Waals surface area contributed by atoms with Crippen molar-refractivity contribution in [3.05, 3.63) is 29.3 Å². The lowest BCUT2D eigenvalue weighted by Gasteiger charge is -2.20. The number of nitrogens with two attached hydrogens (primary N) is 1. The first-order valence-electron chi connectivity index (χ1n) is 5.51. The maximum Gasteiger partial charge on any atom is 0.125 e. The van der Waals surface area contributed by atoms with Gasteiger partial charge in [0.15, 0.2) is 0 Å². The van der Waals surface area contributed by atoms with Gasteiger partial charge in [-0.1, -0.05) is 17.7 Å². The Labute approximate surface area is 100 Å². The van der Waals surface area contributed by atoms with E-state index in [1.807, 2.05) is 12.1 Å². The molecule has 1 aliphatic carbocycles. The van der Waals surface area contributed by atoms with Crippen molar-refractivity contribution in [2.24, 2.45) is 11.7 Å². The van der Waals surface area contributed by atoms with Crippen molar-refractivity contribution in [1.29, 1.82) is 0 Å². The molecule has 3 atom stereocenters. The zero-order chi connectivity index (χ0) is 11.5. The van der Waals surface area contributed by atoms with E-state index >= 15 is 0 Å². The molecule has 0 spiro atoms. The molecule has 0 bridgehead atoms. The normalized spacial score (nSPS) is 29.3. The van der Waals surface area contributed by atoms with Crippen molar-refractivity contribution in [3.8, 4) is 5.75 Å². The highest BCUT2D eigenvalue weighted by Gasteiger charge is 2.35. The zero-order valence-corrected chi connectivity index (χ0v) is 9.73. The van der Waals surface area contributed by atoms with Crippen molar-refractivity contribution in [2.75, 3.05) is 6.54 Å². The van der Waals surface area contributed by atoms with Gasteiger partial charge in [0.25, 0.3) is 0 Å². The molecular weight excluding hydrogens is 226 g/mol. The SMILES string of the molecule is NC[C@H]1CC[C@@H](Oc2cccc(Cl)c2)[C@@H]1O. The fourth-order valence-electron chi connectivity index (χ4n) is 2.12. The van der Waals surface area contributed by atoms with Crippen LogP contribution in [0.3, 0.4) is 0 Å². The van der Waals surface area contributed by atoms with Gasteiger partial charge in [-0.3, -0.25) is 0 Å². The molecule has 1 fully saturated rings. The van der Waals surface area contributed by atoms with Gasteiger partial charge in [-0.2, -0.15) is 0 Å². The minimum absolute atomic E-state index is 0.157. The highest BCUT2D eigenvalue weighted by Crippen LogP contribution is 2.29. The number of aliphatic hydroxyl groups excluding tert-OH is 1. The number of halogens is 1. The van der Waals surface area contributed by atoms with Crippen LogP contribution in [-0.2, 0) is 0 Å². The molecule has 2 rings (SSSR count). The van der Waals surface area contributed by atoms with Crippen LogP contribution in [0.15, 0.2) is 24.3 Å². The molecule has 0 unspecified atom stereocenters. The topological polar surface area (TPSA) is 55.5 Å². The Morgan fingerprint density at radius 3 is 2.88 bits per heavy atom. The molecule has 0 amide bonds. The molecule has 0 heterocycles. The average molecular weight is 242 g/mol. The lowest BCUT2D eigenvalue weighted by Crippen LogP contribution is -2.33. The zero-order valence-electron chi connectivity index (χ0n) is 8.97. The van der Waals surface area contributed by atoms with Gasteiger partial charge < -0.3 is 15.6 Å². The predicted molar refractivity (Wildman–Crippen MR) is 63.7 cm³/mol. The van der Waals surface area contributed by atoms with Crippen LogP contribution in [0, 0.1) is 5.92 Å². The van der Waals surface area contributed by atoms with Crippen LogP contribution in [0.5, 0.6) is 5.75 Å². The smallest absolute Gasteiger partial charge is 0.125 e. The van der Waals surface area contributed by atoms with E-state index in [9.17, 15) is 5.11 Å². The van der Waals surface area contributed by atoms with Gasteiger partial charge in [-0.15, -0.1) is 0 Å². The van der Waals surface area contributed by atoms with E-state index in [1.54, 1.807) is 12.1 Å². The lowest BCUT2D eigenvalue weighted by atomic mass is 10.1. The predicted octanol–water partition coefficient (Wildman–Crippen LogP) is 1.82. The summed E-state index contributed by atoms with van der Waals surface area (Å²) in [7, 11) is 0. The Kier molecular flexibility index (Phi) is 3.69. The van der Waals surface area contributed by atoms with Crippen LogP contribution in [0.2, 0.25) is 5.02 Å². The average Bonchev–Trinajstić information content (AvgIpc) is 2.60. The molecule has 0 radical (unpaired) electrons. The molecule has 88 valence electrons. The van der Waals surface area contributed by atoms with Crippen LogP contribution < -0.4 is 10.5 Å². The number of ether oxygens (including phenoxy) is 1. The van der Waals surface area contributed by atoms with E-state index in [4.69, 9.17) is 22.1 Å². The van der Waals surface area contributed by atoms with Crippen LogP contribution >= 0.6 is 11.6 Å². The molecule has 3 N–H and O–H groups in total. The first kappa shape index (κ1) is 11.7. The minimum Gasteiger partial charge on any atom is -0.488 e. The van der Waals surface area contributed by atoms with E-state index in [0.29, 0.717) is 17.3 Å². The Balaban J connectivity index is 2.00. The number of hydrogen-bond donors (Lipinski definition) is 2. The summed E-state index contributed by atoms with van der Waals surface area (Å²) in [5.41, 5.74) is 5.57. The maximum absolute atomic E-state index is 9.94. The van der Waals surface area contributed by atoms with Crippen molar-refractivity contribution < 1.29 is 9.84 Å². The number of rotatable bonds is 3. The highest BCUT2D eigenvalue weighted by molar-refractivity contribution is 6.30. The second kappa shape index (κ2) is 5.04. The molecule has 1 aromatic rings. The monoisotopic (exact) mass is 241 g/mol. The highest BCUT2D eigenvalue weighted by atomic mass is 35.5. The van der Waals surface area contributed by atoms with Gasteiger partial charge in [0.2, 0.25) is 0 Å². The standard InChI is InChI=1S/C12H16ClNO2/c13-9-2-1-3-10(6-9)16-11-5-4-8(7-14)12(11)15/h1-3,6,8,11-12,15H,4-5,7,14H2/t8-,11-,12-/m1/s1. The van der Waals surface area contributed by atoms with E-state index < -0.39 is 6.10 Å². The van der Waals surface area contributed by atoms with Gasteiger partial charge in [0.05, 0.1) is 6.10 Å². The van der Waals surface area contributed by atoms with E-state index in [2.05, 4.69) is 0 Å². The number of aliphatic hydroxyl groups is 1. The van der Waals surface area contributed by atoms with Crippen LogP contribution in [0.4, 0.5) is 0 Å². The molecule has 1 saturated carbocycles. The first-order valence-corrected chi connectivity index (χ1v) is 5.89. The number of benzene rings is 1. The number of hydrogen-bond acceptors (Lipinski definition) is 3. The lowest BCUT2D eigenvalue weighted by molar-refractivity contribution is 0.0370. The van der Waals surface area contributed by atoms with Gasteiger partial charge in [-0.05, 0) is 37.6 Å². The second-order valence-electron chi connectivity index (χ2n) is 4.18. The molecule has 3 nitrogen and oxygen atoms in total. The third-order valence-electron chi connectivity index (χ3n) is 3.07. The third-order valence-corrected chi connectivity index (χ3v) is 3.31. The summed E-state index contributed by atoms with van der Waals surface area (Å²) in [6.07, 6.45) is 1.13. The summed E-state index contributed by atoms with van der Waals surface area (Å²) in [6, 6.07) is 7.22. The molecule has 0 aliphatic heterocycles. The van der Waals surface area contributed by atoms with Crippen LogP contribution in [0.1, 0.15) is 12.8 Å². The van der Waals surface area contributed by atoms with Crippen molar-refractivity contribution in [1.82, 2.24) is 0 Å². The van der Waals surface area contributed by atoms with E-state index in [0.717, 1.165) is 12.8 Å². The van der Waals surface area contributed by atoms with Crippen LogP contribution in [0.25, 0.3) is 0 Å². The fraction of sp³-hybridized carbons (Fsp3) is 0.500. The van der Waals surface area contributed by atoms with Gasteiger partial charge in [-0.25, -0.2) is 0 Å². The Bertz CT molecular complexity index is 359. The third kappa shape index (κ3) is 2.48. The maximum atomic E-state index is 9.94. The summed E-state index contributed by atoms with van der Waals surface area (Å²) in [4.78, 5) is 0. The van der Waals surface area contributed by atoms with E-state index in [-0.39, 0.29) is 12.0 Å². The Morgan fingerprint density at radius 2 is 2.25 bits per heavy atom. The molecular formula is C12H16ClNO2. The first-order chi connectivity index (χ1) is 7.70. The quantitative estimate of drug-likeness (QED) is 0.849. The Hall–Kier alpha value is -0.770. The molecule has 0 aromatic heterocycles. The Morgan fingerprint density at radius 1 is 1.44 bits per heavy atom. The molecule has 16 heavy (non-hydrogen) atoms. The summed E-state index contributed by atoms with van der Waals surface area (Å²) in [5.74, 6) is 0.860. The molecule has 4 heteroatoms. The largest absolute Gasteiger partial charge is 0.488 e. The summed E-state index contributed by atoms with van der Waals surface area (Å²) in [6.45, 7) is 0.510. The summed E-state index contributed by atoms with van der Waals surface area (Å²) < 4.78 is 5.71. The van der Waals surface area contributed by atoms with Gasteiger partial charge in [0, 0.05) is 10.9 Å². The van der Waals surface area contributed by atoms with E-state index in [1.165, 1.54) is 0 Å². The van der Waals surface area contributed by atoms with Crippen LogP contribution in [-0.4, -0.2) is 23.9 Å². The molecule has 1 aliphatic rings. The minimum atomic E-state index is -0.469. The van der Waals surface area contributed by atoms with Crippen molar-refractivity contribution >= 4 is 11.6 Å². The molecule has 1 aromatic carbocycles. The van der Waals surface area contributed by atoms with Gasteiger partial charge >= 0.3 is 0 Å². The summed E-state index contributed by atoms with van der Waals surface area (Å²) >= 11 is 5.86. The van der Waals surface area contributed by atoms with Crippen molar-refractivity contribution in [3.63, 3.8) is 0 Å². The second-order valence-corrected chi connectivity index (χ2v) is 4.61.